The van der Waals surface area contributed by atoms with Crippen molar-refractivity contribution in [2.45, 2.75) is 328 Å². The summed E-state index contributed by atoms with van der Waals surface area (Å²) >= 11 is 0. The molecule has 1 N–H and O–H groups in total. The lowest BCUT2D eigenvalue weighted by molar-refractivity contribution is -0.870. The van der Waals surface area contributed by atoms with Gasteiger partial charge in [0.15, 0.2) is 6.10 Å². The monoisotopic (exact) mass is 1350 g/mol. The van der Waals surface area contributed by atoms with Crippen molar-refractivity contribution in [3.8, 4) is 0 Å². The standard InChI is InChI=1S/C86H146NO8P/c1-6-8-10-12-14-16-18-20-22-24-26-28-30-32-34-36-38-40-42-43-45-46-48-50-52-54-56-58-60-62-64-66-68-70-72-74-76-78-85(88)92-82-84(83-94-96(90,91)93-81-80-87(3,4)5)95-86(89)79-77-75-73-71-69-67-65-63-61-59-57-55-53-51-49-47-44-41-39-37-35-33-31-29-27-25-23-21-19-17-15-13-11-9-7-2/h8-11,14-17,20-23,26-29,32-35,39,41,47,49,53,55,84H,6-7,12-13,18-19,24-25,30-31,36-38,40,42-46,48,50-52,54,56-83H2,1-5H3/p+1/b10-8-,11-9-,16-14-,17-15-,22-20-,23-21-,28-26-,29-27-,34-32-,35-33-,41-39-,49-47-,55-53-. The lowest BCUT2D eigenvalue weighted by Gasteiger charge is -2.24. The molecular formula is C86H147NO8P+. The fourth-order valence-electron chi connectivity index (χ4n) is 10.6. The van der Waals surface area contributed by atoms with Crippen molar-refractivity contribution >= 4 is 19.8 Å². The van der Waals surface area contributed by atoms with Gasteiger partial charge in [0.05, 0.1) is 27.7 Å². The topological polar surface area (TPSA) is 108 Å². The van der Waals surface area contributed by atoms with Crippen molar-refractivity contribution in [2.75, 3.05) is 47.5 Å². The van der Waals surface area contributed by atoms with Crippen LogP contribution < -0.4 is 0 Å². The highest BCUT2D eigenvalue weighted by molar-refractivity contribution is 7.47. The quantitative estimate of drug-likeness (QED) is 0.0211. The number of phosphoric acid groups is 1. The van der Waals surface area contributed by atoms with Gasteiger partial charge in [0.2, 0.25) is 0 Å². The van der Waals surface area contributed by atoms with Gasteiger partial charge in [-0.1, -0.05) is 345 Å². The van der Waals surface area contributed by atoms with E-state index in [0.29, 0.717) is 17.4 Å². The van der Waals surface area contributed by atoms with Gasteiger partial charge < -0.3 is 18.9 Å². The highest BCUT2D eigenvalue weighted by Crippen LogP contribution is 2.43. The summed E-state index contributed by atoms with van der Waals surface area (Å²) in [4.78, 5) is 36.0. The molecule has 0 aliphatic rings. The molecule has 0 aromatic rings. The lowest BCUT2D eigenvalue weighted by atomic mass is 10.0. The molecule has 0 saturated carbocycles. The number of phosphoric ester groups is 1. The van der Waals surface area contributed by atoms with E-state index in [9.17, 15) is 19.0 Å². The number of carbonyl (C=O) groups excluding carboxylic acids is 2. The molecule has 10 heteroatoms. The van der Waals surface area contributed by atoms with E-state index in [0.717, 1.165) is 128 Å². The molecule has 96 heavy (non-hydrogen) atoms. The molecule has 0 amide bonds. The number of hydrogen-bond donors (Lipinski definition) is 1. The maximum Gasteiger partial charge on any atom is 0.472 e. The smallest absolute Gasteiger partial charge is 0.462 e. The van der Waals surface area contributed by atoms with Crippen molar-refractivity contribution < 1.29 is 42.1 Å². The molecule has 2 unspecified atom stereocenters. The Hall–Kier alpha value is -4.37. The molecule has 0 aliphatic carbocycles. The number of unbranched alkanes of at least 4 members (excludes halogenated alkanes) is 31. The van der Waals surface area contributed by atoms with Crippen LogP contribution in [-0.4, -0.2) is 74.9 Å². The fraction of sp³-hybridized carbons (Fsp3) is 0.674. The zero-order valence-corrected chi connectivity index (χ0v) is 63.5. The van der Waals surface area contributed by atoms with Gasteiger partial charge in [-0.2, -0.15) is 0 Å². The second-order valence-corrected chi connectivity index (χ2v) is 28.4. The van der Waals surface area contributed by atoms with E-state index in [-0.39, 0.29) is 32.0 Å². The average molecular weight is 1350 g/mol. The molecule has 0 spiro atoms. The van der Waals surface area contributed by atoms with E-state index in [1.54, 1.807) is 0 Å². The third-order valence-electron chi connectivity index (χ3n) is 16.6. The minimum absolute atomic E-state index is 0.0256. The van der Waals surface area contributed by atoms with E-state index >= 15 is 0 Å². The molecule has 0 fully saturated rings. The Balaban J connectivity index is 4.01. The molecule has 9 nitrogen and oxygen atoms in total. The van der Waals surface area contributed by atoms with Crippen molar-refractivity contribution in [3.63, 3.8) is 0 Å². The zero-order valence-electron chi connectivity index (χ0n) is 62.6. The van der Waals surface area contributed by atoms with Gasteiger partial charge in [-0.25, -0.2) is 4.57 Å². The van der Waals surface area contributed by atoms with E-state index in [2.05, 4.69) is 172 Å². The summed E-state index contributed by atoms with van der Waals surface area (Å²) in [6.45, 7) is 4.22. The Morgan fingerprint density at radius 3 is 0.833 bits per heavy atom. The molecule has 0 saturated heterocycles. The van der Waals surface area contributed by atoms with Gasteiger partial charge in [0, 0.05) is 12.8 Å². The van der Waals surface area contributed by atoms with E-state index in [1.807, 2.05) is 21.1 Å². The molecule has 0 heterocycles. The number of esters is 2. The summed E-state index contributed by atoms with van der Waals surface area (Å²) in [5.41, 5.74) is 0. The number of allylic oxidation sites excluding steroid dienone is 26. The number of hydrogen-bond acceptors (Lipinski definition) is 7. The number of nitrogens with zero attached hydrogens (tertiary/aromatic N) is 1. The Morgan fingerprint density at radius 2 is 0.562 bits per heavy atom. The van der Waals surface area contributed by atoms with Gasteiger partial charge in [-0.15, -0.1) is 0 Å². The lowest BCUT2D eigenvalue weighted by Crippen LogP contribution is -2.37. The first-order valence-electron chi connectivity index (χ1n) is 39.2. The molecular weight excluding hydrogens is 1210 g/mol. The van der Waals surface area contributed by atoms with Crippen LogP contribution >= 0.6 is 7.82 Å². The van der Waals surface area contributed by atoms with Crippen LogP contribution in [-0.2, 0) is 32.7 Å². The fourth-order valence-corrected chi connectivity index (χ4v) is 11.4. The highest BCUT2D eigenvalue weighted by atomic mass is 31.2. The van der Waals surface area contributed by atoms with Crippen molar-refractivity contribution in [1.82, 2.24) is 0 Å². The predicted octanol–water partition coefficient (Wildman–Crippen LogP) is 26.3. The van der Waals surface area contributed by atoms with E-state index in [4.69, 9.17) is 18.5 Å². The normalized spacial score (nSPS) is 13.9. The first-order chi connectivity index (χ1) is 47.0. The first-order valence-corrected chi connectivity index (χ1v) is 40.7. The molecule has 2 atom stereocenters. The molecule has 0 rings (SSSR count). The zero-order chi connectivity index (χ0) is 69.7. The second-order valence-electron chi connectivity index (χ2n) is 27.0. The molecule has 0 radical (unpaired) electrons. The third kappa shape index (κ3) is 78.6. The van der Waals surface area contributed by atoms with Crippen LogP contribution in [0.4, 0.5) is 0 Å². The minimum atomic E-state index is -4.40. The van der Waals surface area contributed by atoms with E-state index in [1.165, 1.54) is 161 Å². The van der Waals surface area contributed by atoms with Gasteiger partial charge in [-0.05, 0) is 122 Å². The van der Waals surface area contributed by atoms with Gasteiger partial charge in [0.25, 0.3) is 0 Å². The van der Waals surface area contributed by atoms with Crippen molar-refractivity contribution in [2.24, 2.45) is 0 Å². The molecule has 0 aromatic heterocycles. The first kappa shape index (κ1) is 91.6. The minimum Gasteiger partial charge on any atom is -0.462 e. The predicted molar refractivity (Wildman–Crippen MR) is 417 cm³/mol. The highest BCUT2D eigenvalue weighted by Gasteiger charge is 2.27. The van der Waals surface area contributed by atoms with Crippen LogP contribution in [0.3, 0.4) is 0 Å². The Morgan fingerprint density at radius 1 is 0.323 bits per heavy atom. The van der Waals surface area contributed by atoms with Crippen molar-refractivity contribution in [1.29, 1.82) is 0 Å². The number of carbonyl (C=O) groups is 2. The number of quaternary nitrogens is 1. The maximum absolute atomic E-state index is 12.9. The largest absolute Gasteiger partial charge is 0.472 e. The van der Waals surface area contributed by atoms with Crippen LogP contribution in [0, 0.1) is 0 Å². The number of rotatable bonds is 71. The Bertz CT molecular complexity index is 2180. The summed E-state index contributed by atoms with van der Waals surface area (Å²) in [7, 11) is 1.47. The van der Waals surface area contributed by atoms with E-state index < -0.39 is 26.5 Å². The summed E-state index contributed by atoms with van der Waals surface area (Å²) in [6.07, 6.45) is 112. The SMILES string of the molecule is CC/C=C\C/C=C\C/C=C\C/C=C\C/C=C\C/C=C\C/C=C\C/C=C\CCCCCCCCCCCCC(=O)OC(COC(=O)CCCCCCCCCCCCCCCCCCCCCCC/C=C\C/C=C\C/C=C\C/C=C\C/C=C\CC)COP(=O)(O)OCC[N+](C)(C)C. The van der Waals surface area contributed by atoms with Crippen molar-refractivity contribution in [3.05, 3.63) is 158 Å². The Kier molecular flexibility index (Phi) is 71.4. The maximum atomic E-state index is 12.9. The molecule has 0 aliphatic heterocycles. The van der Waals surface area contributed by atoms with Crippen LogP contribution in [0.5, 0.6) is 0 Å². The van der Waals surface area contributed by atoms with Gasteiger partial charge >= 0.3 is 19.8 Å². The number of ether oxygens (including phenoxy) is 2. The average Bonchev–Trinajstić information content (AvgIpc) is 2.74. The van der Waals surface area contributed by atoms with Crippen LogP contribution in [0.25, 0.3) is 0 Å². The third-order valence-corrected chi connectivity index (χ3v) is 17.5. The molecule has 548 valence electrons. The summed E-state index contributed by atoms with van der Waals surface area (Å²) in [6, 6.07) is 0. The van der Waals surface area contributed by atoms with Crippen LogP contribution in [0.15, 0.2) is 158 Å². The van der Waals surface area contributed by atoms with Crippen LogP contribution in [0.1, 0.15) is 322 Å². The summed E-state index contributed by atoms with van der Waals surface area (Å²) in [5.74, 6) is -0.799. The molecule has 0 aromatic carbocycles. The summed E-state index contributed by atoms with van der Waals surface area (Å²) < 4.78 is 34.8. The Labute approximate surface area is 592 Å². The molecule has 0 bridgehead atoms. The van der Waals surface area contributed by atoms with Crippen LogP contribution in [0.2, 0.25) is 0 Å². The van der Waals surface area contributed by atoms with Gasteiger partial charge in [-0.3, -0.25) is 18.6 Å². The second kappa shape index (κ2) is 74.8. The van der Waals surface area contributed by atoms with Gasteiger partial charge in [0.1, 0.15) is 19.8 Å². The number of likely N-dealkylation sites (N-methyl/N-ethyl adjacent to an activating group) is 1. The summed E-state index contributed by atoms with van der Waals surface area (Å²) in [5, 5.41) is 0.